The predicted molar refractivity (Wildman–Crippen MR) is 145 cm³/mol. The Labute approximate surface area is 229 Å². The fraction of sp³-hybridized carbons (Fsp3) is 0.440. The summed E-state index contributed by atoms with van der Waals surface area (Å²) in [6.45, 7) is 12.7. The van der Waals surface area contributed by atoms with Crippen LogP contribution in [-0.2, 0) is 24.1 Å². The highest BCUT2D eigenvalue weighted by atomic mass is 32.2. The number of ether oxygens (including phenoxy) is 3. The van der Waals surface area contributed by atoms with Crippen LogP contribution in [0.4, 0.5) is 0 Å². The van der Waals surface area contributed by atoms with Crippen molar-refractivity contribution in [3.05, 3.63) is 33.0 Å². The first-order valence-corrected chi connectivity index (χ1v) is 15.0. The van der Waals surface area contributed by atoms with Crippen LogP contribution in [0.5, 0.6) is 11.5 Å². The summed E-state index contributed by atoms with van der Waals surface area (Å²) < 4.78 is 19.0. The second-order valence-electron chi connectivity index (χ2n) is 7.43. The topological polar surface area (TPSA) is 80.3 Å². The van der Waals surface area contributed by atoms with Crippen LogP contribution in [0.3, 0.4) is 0 Å². The number of allylic oxidation sites excluding steroid dienone is 1. The summed E-state index contributed by atoms with van der Waals surface area (Å²) in [5.74, 6) is 1.07. The van der Waals surface area contributed by atoms with Crippen LogP contribution in [0, 0.1) is 0 Å². The number of hydrogen-bond donors (Lipinski definition) is 0. The van der Waals surface area contributed by atoms with Crippen molar-refractivity contribution in [2.45, 2.75) is 73.0 Å². The van der Waals surface area contributed by atoms with Crippen molar-refractivity contribution in [1.29, 1.82) is 0 Å². The minimum Gasteiger partial charge on any atom is -0.463 e. The van der Waals surface area contributed by atoms with E-state index in [1.54, 1.807) is 6.92 Å². The third kappa shape index (κ3) is 7.52. The molecule has 1 aromatic rings. The standard InChI is InChI=1S/C25H30O7S4/c1-6-10-15(5)31-20-22-24(34-18(33-22)12-13-30-29-9-4)21(32-16(26)11-7-2)25-23(20)35-19(36-25)14-17(27)28-8-3/h12,14H,5-11,13H2,1-4H3/b18-12-,19-14+. The Morgan fingerprint density at radius 3 is 1.92 bits per heavy atom. The van der Waals surface area contributed by atoms with Gasteiger partial charge in [-0.15, -0.1) is 0 Å². The Morgan fingerprint density at radius 2 is 1.36 bits per heavy atom. The van der Waals surface area contributed by atoms with Crippen molar-refractivity contribution in [2.24, 2.45) is 0 Å². The molecule has 3 rings (SSSR count). The zero-order valence-electron chi connectivity index (χ0n) is 20.8. The van der Waals surface area contributed by atoms with E-state index in [1.165, 1.54) is 53.1 Å². The fourth-order valence-corrected chi connectivity index (χ4v) is 8.19. The highest BCUT2D eigenvalue weighted by molar-refractivity contribution is 8.25. The van der Waals surface area contributed by atoms with Gasteiger partial charge in [-0.3, -0.25) is 4.79 Å². The summed E-state index contributed by atoms with van der Waals surface area (Å²) in [4.78, 5) is 38.1. The molecular weight excluding hydrogens is 541 g/mol. The average Bonchev–Trinajstić information content (AvgIpc) is 3.44. The van der Waals surface area contributed by atoms with Crippen LogP contribution < -0.4 is 9.47 Å². The van der Waals surface area contributed by atoms with Crippen LogP contribution in [0.25, 0.3) is 0 Å². The number of carbonyl (C=O) groups excluding carboxylic acids is 2. The molecule has 36 heavy (non-hydrogen) atoms. The van der Waals surface area contributed by atoms with Gasteiger partial charge in [0.05, 0.1) is 42.8 Å². The first-order valence-electron chi connectivity index (χ1n) is 11.8. The van der Waals surface area contributed by atoms with Crippen LogP contribution in [-0.4, -0.2) is 31.8 Å². The molecule has 11 heteroatoms. The molecule has 0 spiro atoms. The van der Waals surface area contributed by atoms with Crippen molar-refractivity contribution in [1.82, 2.24) is 0 Å². The summed E-state index contributed by atoms with van der Waals surface area (Å²) >= 11 is 5.79. The van der Waals surface area contributed by atoms with Crippen molar-refractivity contribution in [3.8, 4) is 11.5 Å². The van der Waals surface area contributed by atoms with E-state index in [0.29, 0.717) is 49.7 Å². The number of carbonyl (C=O) groups is 2. The molecule has 0 aromatic heterocycles. The zero-order valence-corrected chi connectivity index (χ0v) is 24.1. The fourth-order valence-electron chi connectivity index (χ4n) is 3.12. The van der Waals surface area contributed by atoms with Crippen molar-refractivity contribution in [3.63, 3.8) is 0 Å². The lowest BCUT2D eigenvalue weighted by Gasteiger charge is -2.18. The Morgan fingerprint density at radius 1 is 0.778 bits per heavy atom. The van der Waals surface area contributed by atoms with Gasteiger partial charge in [0.25, 0.3) is 0 Å². The van der Waals surface area contributed by atoms with Crippen LogP contribution in [0.2, 0.25) is 0 Å². The molecule has 0 fully saturated rings. The van der Waals surface area contributed by atoms with Crippen LogP contribution in [0.15, 0.2) is 52.5 Å². The molecule has 2 aliphatic rings. The highest BCUT2D eigenvalue weighted by Gasteiger charge is 2.38. The molecule has 0 saturated heterocycles. The van der Waals surface area contributed by atoms with Crippen LogP contribution in [0.1, 0.15) is 53.4 Å². The van der Waals surface area contributed by atoms with E-state index in [4.69, 9.17) is 24.0 Å². The van der Waals surface area contributed by atoms with Gasteiger partial charge in [-0.1, -0.05) is 67.5 Å². The van der Waals surface area contributed by atoms with Crippen molar-refractivity contribution < 1.29 is 33.6 Å². The molecule has 1 aromatic carbocycles. The van der Waals surface area contributed by atoms with E-state index in [-0.39, 0.29) is 12.6 Å². The van der Waals surface area contributed by atoms with Crippen molar-refractivity contribution >= 4 is 59.0 Å². The van der Waals surface area contributed by atoms with Crippen LogP contribution >= 0.6 is 47.0 Å². The van der Waals surface area contributed by atoms with E-state index in [2.05, 4.69) is 13.5 Å². The maximum Gasteiger partial charge on any atom is 0.332 e. The van der Waals surface area contributed by atoms with Gasteiger partial charge in [0.1, 0.15) is 6.61 Å². The summed E-state index contributed by atoms with van der Waals surface area (Å²) in [6.07, 6.45) is 5.98. The SMILES string of the molecule is C=C(CCC)Oc1c2c(c(OC(=O)CCC)c3c1S/C(=C\C(=O)OCC)S3)S/C(=C\COOCC)S2. The summed E-state index contributed by atoms with van der Waals surface area (Å²) in [5, 5.41) is 0. The maximum atomic E-state index is 12.6. The maximum absolute atomic E-state index is 12.6. The monoisotopic (exact) mass is 570 g/mol. The minimum atomic E-state index is -0.418. The Balaban J connectivity index is 2.07. The molecule has 0 N–H and O–H groups in total. The van der Waals surface area contributed by atoms with Gasteiger partial charge in [-0.25, -0.2) is 14.6 Å². The van der Waals surface area contributed by atoms with E-state index in [9.17, 15) is 9.59 Å². The smallest absolute Gasteiger partial charge is 0.332 e. The molecule has 7 nitrogen and oxygen atoms in total. The number of fused-ring (bicyclic) bond motifs is 2. The molecule has 0 atom stereocenters. The van der Waals surface area contributed by atoms with E-state index < -0.39 is 5.97 Å². The molecule has 0 radical (unpaired) electrons. The largest absolute Gasteiger partial charge is 0.463 e. The lowest BCUT2D eigenvalue weighted by Crippen LogP contribution is -2.09. The van der Waals surface area contributed by atoms with Gasteiger partial charge < -0.3 is 14.2 Å². The van der Waals surface area contributed by atoms with Gasteiger partial charge in [0, 0.05) is 23.2 Å². The van der Waals surface area contributed by atoms with E-state index in [1.807, 2.05) is 19.9 Å². The van der Waals surface area contributed by atoms with Gasteiger partial charge in [0.2, 0.25) is 0 Å². The number of thioether (sulfide) groups is 4. The second kappa shape index (κ2) is 14.4. The number of hydrogen-bond acceptors (Lipinski definition) is 11. The molecule has 0 aliphatic carbocycles. The second-order valence-corrected chi connectivity index (χ2v) is 12.2. The molecule has 0 saturated carbocycles. The lowest BCUT2D eigenvalue weighted by molar-refractivity contribution is -0.282. The summed E-state index contributed by atoms with van der Waals surface area (Å²) in [6, 6.07) is 0. The normalized spacial score (nSPS) is 16.2. The third-order valence-electron chi connectivity index (χ3n) is 4.53. The Bertz CT molecular complexity index is 1000. The van der Waals surface area contributed by atoms with Gasteiger partial charge in [-0.2, -0.15) is 0 Å². The number of benzene rings is 1. The van der Waals surface area contributed by atoms with E-state index >= 15 is 0 Å². The Kier molecular flexibility index (Phi) is 11.7. The molecule has 0 amide bonds. The summed E-state index contributed by atoms with van der Waals surface area (Å²) in [5.41, 5.74) is 0. The molecule has 2 aliphatic heterocycles. The van der Waals surface area contributed by atoms with E-state index in [0.717, 1.165) is 34.5 Å². The minimum absolute atomic E-state index is 0.288. The molecule has 0 bridgehead atoms. The lowest BCUT2D eigenvalue weighted by atomic mass is 10.3. The first-order chi connectivity index (χ1) is 17.4. The van der Waals surface area contributed by atoms with Gasteiger partial charge >= 0.3 is 11.9 Å². The number of esters is 2. The van der Waals surface area contributed by atoms with Gasteiger partial charge in [0.15, 0.2) is 11.5 Å². The first kappa shape index (κ1) is 29.1. The van der Waals surface area contributed by atoms with Crippen molar-refractivity contribution in [2.75, 3.05) is 19.8 Å². The quantitative estimate of drug-likeness (QED) is 0.0445. The third-order valence-corrected chi connectivity index (χ3v) is 9.54. The van der Waals surface area contributed by atoms with Gasteiger partial charge in [-0.05, 0) is 32.8 Å². The zero-order chi connectivity index (χ0) is 26.1. The Hall–Kier alpha value is -1.50. The predicted octanol–water partition coefficient (Wildman–Crippen LogP) is 7.69. The highest BCUT2D eigenvalue weighted by Crippen LogP contribution is 2.67. The molecular formula is C25H30O7S4. The summed E-state index contributed by atoms with van der Waals surface area (Å²) in [7, 11) is 0. The molecule has 196 valence electrons. The molecule has 2 heterocycles. The number of rotatable bonds is 13. The molecule has 0 unspecified atom stereocenters. The average molecular weight is 571 g/mol.